The van der Waals surface area contributed by atoms with Crippen molar-refractivity contribution in [1.29, 1.82) is 0 Å². The van der Waals surface area contributed by atoms with Gasteiger partial charge in [-0.05, 0) is 18.2 Å². The summed E-state index contributed by atoms with van der Waals surface area (Å²) < 4.78 is 23.4. The molecule has 0 radical (unpaired) electrons. The zero-order valence-electron chi connectivity index (χ0n) is 10.6. The maximum absolute atomic E-state index is 13.3. The smallest absolute Gasteiger partial charge is 0.320 e. The first-order valence-corrected chi connectivity index (χ1v) is 5.54. The van der Waals surface area contributed by atoms with Crippen LogP contribution >= 0.6 is 0 Å². The Balaban J connectivity index is 2.51. The first-order valence-electron chi connectivity index (χ1n) is 5.54. The number of aliphatic hydroxyl groups is 1. The van der Waals surface area contributed by atoms with Gasteiger partial charge in [0.2, 0.25) is 5.88 Å². The molecule has 0 aliphatic carbocycles. The van der Waals surface area contributed by atoms with Gasteiger partial charge in [-0.3, -0.25) is 0 Å². The number of halogens is 1. The highest BCUT2D eigenvalue weighted by atomic mass is 19.1. The maximum atomic E-state index is 13.3. The van der Waals surface area contributed by atoms with Gasteiger partial charge in [0.15, 0.2) is 0 Å². The molecule has 1 aromatic carbocycles. The first-order chi connectivity index (χ1) is 9.17. The van der Waals surface area contributed by atoms with Crippen molar-refractivity contribution in [2.24, 2.45) is 0 Å². The van der Waals surface area contributed by atoms with E-state index < -0.39 is 5.82 Å². The molecule has 2 aromatic rings. The Morgan fingerprint density at radius 3 is 2.58 bits per heavy atom. The average Bonchev–Trinajstić information content (AvgIpc) is 2.47. The van der Waals surface area contributed by atoms with Crippen LogP contribution in [0.4, 0.5) is 4.39 Å². The zero-order valence-corrected chi connectivity index (χ0v) is 10.6. The van der Waals surface area contributed by atoms with Crippen LogP contribution in [0.3, 0.4) is 0 Å². The highest BCUT2D eigenvalue weighted by Crippen LogP contribution is 2.25. The largest absolute Gasteiger partial charge is 0.481 e. The zero-order chi connectivity index (χ0) is 13.8. The molecule has 1 heterocycles. The van der Waals surface area contributed by atoms with Crippen molar-refractivity contribution in [2.45, 2.75) is 6.61 Å². The molecule has 0 amide bonds. The molecule has 0 unspecified atom stereocenters. The highest BCUT2D eigenvalue weighted by Gasteiger charge is 2.09. The van der Waals surface area contributed by atoms with Crippen LogP contribution in [0.2, 0.25) is 0 Å². The van der Waals surface area contributed by atoms with E-state index in [1.165, 1.54) is 26.4 Å². The van der Waals surface area contributed by atoms with E-state index >= 15 is 0 Å². The SMILES string of the molecule is COc1cc(-c2ccc(F)c(CO)c2)nc(OC)n1. The molecule has 6 heteroatoms. The molecular formula is C13H13FN2O3. The Labute approximate surface area is 109 Å². The van der Waals surface area contributed by atoms with Crippen LogP contribution in [0, 0.1) is 5.82 Å². The molecule has 5 nitrogen and oxygen atoms in total. The molecule has 1 aromatic heterocycles. The molecular weight excluding hydrogens is 251 g/mol. The van der Waals surface area contributed by atoms with Crippen LogP contribution in [0.25, 0.3) is 11.3 Å². The summed E-state index contributed by atoms with van der Waals surface area (Å²) in [6.07, 6.45) is 0. The molecule has 100 valence electrons. The van der Waals surface area contributed by atoms with Gasteiger partial charge in [0.1, 0.15) is 5.82 Å². The lowest BCUT2D eigenvalue weighted by Gasteiger charge is -2.07. The second-order valence-corrected chi connectivity index (χ2v) is 3.75. The number of aromatic nitrogens is 2. The minimum absolute atomic E-state index is 0.157. The van der Waals surface area contributed by atoms with Crippen molar-refractivity contribution in [3.63, 3.8) is 0 Å². The van der Waals surface area contributed by atoms with Crippen LogP contribution in [0.5, 0.6) is 11.9 Å². The molecule has 0 bridgehead atoms. The van der Waals surface area contributed by atoms with Crippen LogP contribution in [-0.4, -0.2) is 29.3 Å². The third kappa shape index (κ3) is 2.79. The number of hydrogen-bond acceptors (Lipinski definition) is 5. The summed E-state index contributed by atoms with van der Waals surface area (Å²) in [5.41, 5.74) is 1.37. The lowest BCUT2D eigenvalue weighted by atomic mass is 10.1. The number of benzene rings is 1. The Morgan fingerprint density at radius 1 is 1.16 bits per heavy atom. The third-order valence-electron chi connectivity index (χ3n) is 2.59. The molecule has 1 N–H and O–H groups in total. The van der Waals surface area contributed by atoms with Crippen molar-refractivity contribution in [1.82, 2.24) is 9.97 Å². The van der Waals surface area contributed by atoms with Crippen molar-refractivity contribution in [3.05, 3.63) is 35.6 Å². The number of rotatable bonds is 4. The van der Waals surface area contributed by atoms with E-state index in [1.54, 1.807) is 12.1 Å². The van der Waals surface area contributed by atoms with Crippen LogP contribution in [0.15, 0.2) is 24.3 Å². The van der Waals surface area contributed by atoms with Crippen LogP contribution in [0.1, 0.15) is 5.56 Å². The quantitative estimate of drug-likeness (QED) is 0.912. The molecule has 0 fully saturated rings. The van der Waals surface area contributed by atoms with Gasteiger partial charge in [-0.2, -0.15) is 9.97 Å². The Bertz CT molecular complexity index is 568. The van der Waals surface area contributed by atoms with E-state index in [0.717, 1.165) is 0 Å². The highest BCUT2D eigenvalue weighted by molar-refractivity contribution is 5.61. The summed E-state index contributed by atoms with van der Waals surface area (Å²) in [5, 5.41) is 9.07. The second-order valence-electron chi connectivity index (χ2n) is 3.75. The molecule has 0 aliphatic heterocycles. The predicted octanol–water partition coefficient (Wildman–Crippen LogP) is 1.79. The number of hydrogen-bond donors (Lipinski definition) is 1. The summed E-state index contributed by atoms with van der Waals surface area (Å²) in [4.78, 5) is 8.13. The van der Waals surface area contributed by atoms with Crippen LogP contribution in [-0.2, 0) is 6.61 Å². The van der Waals surface area contributed by atoms with Gasteiger partial charge in [-0.25, -0.2) is 4.39 Å². The minimum Gasteiger partial charge on any atom is -0.481 e. The summed E-state index contributed by atoms with van der Waals surface area (Å²) in [6, 6.07) is 6.13. The fourth-order valence-corrected chi connectivity index (χ4v) is 1.60. The summed E-state index contributed by atoms with van der Waals surface area (Å²) in [5.74, 6) is -0.115. The fraction of sp³-hybridized carbons (Fsp3) is 0.231. The van der Waals surface area contributed by atoms with Crippen molar-refractivity contribution < 1.29 is 19.0 Å². The summed E-state index contributed by atoms with van der Waals surface area (Å²) >= 11 is 0. The predicted molar refractivity (Wildman–Crippen MR) is 66.5 cm³/mol. The second kappa shape index (κ2) is 5.62. The van der Waals surface area contributed by atoms with E-state index in [9.17, 15) is 4.39 Å². The van der Waals surface area contributed by atoms with Crippen molar-refractivity contribution >= 4 is 0 Å². The normalized spacial score (nSPS) is 10.3. The standard InChI is InChI=1S/C13H13FN2O3/c1-18-12-6-11(15-13(16-12)19-2)8-3-4-10(14)9(5-8)7-17/h3-6,17H,7H2,1-2H3. The van der Waals surface area contributed by atoms with Crippen LogP contribution < -0.4 is 9.47 Å². The van der Waals surface area contributed by atoms with Gasteiger partial charge < -0.3 is 14.6 Å². The fourth-order valence-electron chi connectivity index (χ4n) is 1.60. The monoisotopic (exact) mass is 264 g/mol. The summed E-state index contributed by atoms with van der Waals surface area (Å²) in [7, 11) is 2.93. The van der Waals surface area contributed by atoms with E-state index in [2.05, 4.69) is 9.97 Å². The number of methoxy groups -OCH3 is 2. The van der Waals surface area contributed by atoms with Crippen molar-refractivity contribution in [3.8, 4) is 23.1 Å². The van der Waals surface area contributed by atoms with Gasteiger partial charge in [0, 0.05) is 17.2 Å². The lowest BCUT2D eigenvalue weighted by Crippen LogP contribution is -1.98. The topological polar surface area (TPSA) is 64.5 Å². The van der Waals surface area contributed by atoms with E-state index in [1.807, 2.05) is 0 Å². The molecule has 0 saturated carbocycles. The Morgan fingerprint density at radius 2 is 1.95 bits per heavy atom. The Hall–Kier alpha value is -2.21. The number of ether oxygens (including phenoxy) is 2. The molecule has 0 spiro atoms. The van der Waals surface area contributed by atoms with E-state index in [4.69, 9.17) is 14.6 Å². The summed E-state index contributed by atoms with van der Waals surface area (Å²) in [6.45, 7) is -0.376. The maximum Gasteiger partial charge on any atom is 0.320 e. The number of nitrogens with zero attached hydrogens (tertiary/aromatic N) is 2. The molecule has 2 rings (SSSR count). The molecule has 0 saturated heterocycles. The van der Waals surface area contributed by atoms with Gasteiger partial charge in [0.25, 0.3) is 0 Å². The van der Waals surface area contributed by atoms with E-state index in [0.29, 0.717) is 17.1 Å². The van der Waals surface area contributed by atoms with Gasteiger partial charge in [-0.15, -0.1) is 0 Å². The van der Waals surface area contributed by atoms with Gasteiger partial charge in [0.05, 0.1) is 26.5 Å². The minimum atomic E-state index is -0.459. The van der Waals surface area contributed by atoms with Gasteiger partial charge in [-0.1, -0.05) is 0 Å². The average molecular weight is 264 g/mol. The van der Waals surface area contributed by atoms with Gasteiger partial charge >= 0.3 is 6.01 Å². The number of aliphatic hydroxyl groups excluding tert-OH is 1. The molecule has 19 heavy (non-hydrogen) atoms. The Kier molecular flexibility index (Phi) is 3.91. The molecule has 0 aliphatic rings. The van der Waals surface area contributed by atoms with Crippen molar-refractivity contribution in [2.75, 3.05) is 14.2 Å². The lowest BCUT2D eigenvalue weighted by molar-refractivity contribution is 0.276. The third-order valence-corrected chi connectivity index (χ3v) is 2.59. The molecule has 0 atom stereocenters. The van der Waals surface area contributed by atoms with E-state index in [-0.39, 0.29) is 18.2 Å². The first kappa shape index (κ1) is 13.2.